The average molecular weight is 206 g/mol. The van der Waals surface area contributed by atoms with Crippen LogP contribution < -0.4 is 0 Å². The Balaban J connectivity index is -0.0000000417. The normalized spacial score (nSPS) is 9.67. The molecular weight excluding hydrogens is 187 g/mol. The molecule has 0 aromatic rings. The van der Waals surface area contributed by atoms with Crippen molar-refractivity contribution >= 4 is 0 Å². The molecule has 0 spiro atoms. The first-order chi connectivity index (χ1) is 2.81. The Morgan fingerprint density at radius 3 is 1.67 bits per heavy atom. The fraction of sp³-hybridized carbons (Fsp3) is 0.625. The fourth-order valence-corrected chi connectivity index (χ4v) is 0.236. The second kappa shape index (κ2) is 15.9. The van der Waals surface area contributed by atoms with Crippen molar-refractivity contribution in [2.45, 2.75) is 27.2 Å². The van der Waals surface area contributed by atoms with Crippen LogP contribution in [0.1, 0.15) is 27.2 Å². The zero-order chi connectivity index (χ0) is 4.99. The van der Waals surface area contributed by atoms with Crippen molar-refractivity contribution in [3.63, 3.8) is 0 Å². The largest absolute Gasteiger partial charge is 3.00 e. The van der Waals surface area contributed by atoms with Crippen LogP contribution in [-0.4, -0.2) is 0 Å². The van der Waals surface area contributed by atoms with Gasteiger partial charge in [-0.2, -0.15) is 12.8 Å². The SMILES string of the molecule is C[CH-]C(C)CC.[CH3-].[CH3-].[Zr+3]. The van der Waals surface area contributed by atoms with Gasteiger partial charge in [-0.15, -0.1) is 0 Å². The second-order valence-electron chi connectivity index (χ2n) is 1.72. The number of hydrogen-bond acceptors (Lipinski definition) is 0. The van der Waals surface area contributed by atoms with Gasteiger partial charge in [0.15, 0.2) is 0 Å². The summed E-state index contributed by atoms with van der Waals surface area (Å²) >= 11 is 0. The van der Waals surface area contributed by atoms with E-state index >= 15 is 0 Å². The van der Waals surface area contributed by atoms with Gasteiger partial charge in [-0.3, -0.25) is 0 Å². The predicted octanol–water partition coefficient (Wildman–Crippen LogP) is 3.15. The van der Waals surface area contributed by atoms with Crippen LogP contribution in [0.3, 0.4) is 0 Å². The monoisotopic (exact) mass is 205 g/mol. The first-order valence-corrected chi connectivity index (χ1v) is 2.60. The number of rotatable bonds is 2. The molecule has 0 amide bonds. The molecule has 0 aliphatic heterocycles. The molecule has 0 fully saturated rings. The van der Waals surface area contributed by atoms with Crippen molar-refractivity contribution in [3.8, 4) is 0 Å². The molecule has 0 aromatic heterocycles. The van der Waals surface area contributed by atoms with Gasteiger partial charge in [0, 0.05) is 0 Å². The van der Waals surface area contributed by atoms with Crippen LogP contribution in [0, 0.1) is 27.2 Å². The van der Waals surface area contributed by atoms with Crippen molar-refractivity contribution in [1.29, 1.82) is 0 Å². The van der Waals surface area contributed by atoms with E-state index in [9.17, 15) is 0 Å². The minimum Gasteiger partial charge on any atom is -0.358 e. The van der Waals surface area contributed by atoms with Crippen LogP contribution in [0.25, 0.3) is 0 Å². The van der Waals surface area contributed by atoms with Crippen molar-refractivity contribution < 1.29 is 26.2 Å². The zero-order valence-corrected chi connectivity index (χ0v) is 9.82. The van der Waals surface area contributed by atoms with Crippen LogP contribution in [-0.2, 0) is 26.2 Å². The summed E-state index contributed by atoms with van der Waals surface area (Å²) in [5, 5.41) is 0. The molecule has 0 saturated carbocycles. The molecule has 0 aliphatic rings. The van der Waals surface area contributed by atoms with Crippen molar-refractivity contribution in [2.24, 2.45) is 5.92 Å². The molecule has 0 aliphatic carbocycles. The number of hydrogen-bond donors (Lipinski definition) is 0. The Bertz CT molecular complexity index is 23.7. The van der Waals surface area contributed by atoms with E-state index < -0.39 is 0 Å². The minimum absolute atomic E-state index is 0. The van der Waals surface area contributed by atoms with Gasteiger partial charge in [0.25, 0.3) is 0 Å². The van der Waals surface area contributed by atoms with Crippen LogP contribution in [0.15, 0.2) is 0 Å². The van der Waals surface area contributed by atoms with E-state index in [1.165, 1.54) is 6.42 Å². The topological polar surface area (TPSA) is 0 Å². The Morgan fingerprint density at radius 1 is 1.33 bits per heavy atom. The van der Waals surface area contributed by atoms with Gasteiger partial charge in [-0.1, -0.05) is 20.3 Å². The van der Waals surface area contributed by atoms with Gasteiger partial charge >= 0.3 is 26.2 Å². The van der Waals surface area contributed by atoms with E-state index in [1.807, 2.05) is 0 Å². The van der Waals surface area contributed by atoms with Gasteiger partial charge in [0.2, 0.25) is 0 Å². The summed E-state index contributed by atoms with van der Waals surface area (Å²) in [6.07, 6.45) is 3.50. The fourth-order valence-electron chi connectivity index (χ4n) is 0.236. The summed E-state index contributed by atoms with van der Waals surface area (Å²) in [7, 11) is 0. The van der Waals surface area contributed by atoms with E-state index in [-0.39, 0.29) is 41.1 Å². The van der Waals surface area contributed by atoms with Gasteiger partial charge in [0.1, 0.15) is 0 Å². The van der Waals surface area contributed by atoms with Crippen LogP contribution in [0.2, 0.25) is 0 Å². The molecule has 0 nitrogen and oxygen atoms in total. The molecule has 1 heteroatoms. The summed E-state index contributed by atoms with van der Waals surface area (Å²) in [6.45, 7) is 6.53. The van der Waals surface area contributed by atoms with Gasteiger partial charge in [0.05, 0.1) is 0 Å². The van der Waals surface area contributed by atoms with Crippen molar-refractivity contribution in [1.82, 2.24) is 0 Å². The molecule has 1 atom stereocenters. The Hall–Kier alpha value is 0.883. The second-order valence-corrected chi connectivity index (χ2v) is 1.72. The summed E-state index contributed by atoms with van der Waals surface area (Å²) in [4.78, 5) is 0. The molecule has 0 saturated heterocycles. The smallest absolute Gasteiger partial charge is 0.358 e. The van der Waals surface area contributed by atoms with Gasteiger partial charge < -0.3 is 21.3 Å². The third-order valence-corrected chi connectivity index (χ3v) is 1.21. The van der Waals surface area contributed by atoms with Crippen LogP contribution in [0.4, 0.5) is 0 Å². The molecule has 55 valence electrons. The molecule has 0 N–H and O–H groups in total. The summed E-state index contributed by atoms with van der Waals surface area (Å²) in [5.41, 5.74) is 0. The van der Waals surface area contributed by atoms with Crippen LogP contribution >= 0.6 is 0 Å². The van der Waals surface area contributed by atoms with E-state index in [0.29, 0.717) is 0 Å². The third kappa shape index (κ3) is 17.6. The minimum atomic E-state index is 0. The van der Waals surface area contributed by atoms with E-state index in [0.717, 1.165) is 5.92 Å². The maximum absolute atomic E-state index is 2.22. The third-order valence-electron chi connectivity index (χ3n) is 1.21. The molecule has 0 rings (SSSR count). The molecule has 1 radical (unpaired) electrons. The van der Waals surface area contributed by atoms with E-state index in [4.69, 9.17) is 0 Å². The van der Waals surface area contributed by atoms with E-state index in [1.54, 1.807) is 0 Å². The molecule has 1 unspecified atom stereocenters. The first-order valence-electron chi connectivity index (χ1n) is 2.60. The zero-order valence-electron chi connectivity index (χ0n) is 7.36. The van der Waals surface area contributed by atoms with E-state index in [2.05, 4.69) is 27.2 Å². The summed E-state index contributed by atoms with van der Waals surface area (Å²) in [6, 6.07) is 0. The maximum Gasteiger partial charge on any atom is 3.00 e. The van der Waals surface area contributed by atoms with Gasteiger partial charge in [-0.05, 0) is 0 Å². The molecule has 0 heterocycles. The first kappa shape index (κ1) is 22.5. The summed E-state index contributed by atoms with van der Waals surface area (Å²) in [5.74, 6) is 0.810. The standard InChI is InChI=1S/C6H13.2CH3.Zr/c1-4-6(3)5-2;;;/h4,6H,5H2,1-3H3;2*1H3;/q3*-1;+3. The molecule has 0 bridgehead atoms. The summed E-state index contributed by atoms with van der Waals surface area (Å²) < 4.78 is 0. The maximum atomic E-state index is 2.22. The molecule has 9 heavy (non-hydrogen) atoms. The van der Waals surface area contributed by atoms with Crippen molar-refractivity contribution in [3.05, 3.63) is 21.3 Å². The average Bonchev–Trinajstić information content (AvgIpc) is 1.65. The molecular formula is C8H19Zr. The quantitative estimate of drug-likeness (QED) is 0.609. The predicted molar refractivity (Wildman–Crippen MR) is 42.3 cm³/mol. The Labute approximate surface area is 80.6 Å². The molecule has 0 aromatic carbocycles. The Morgan fingerprint density at radius 2 is 1.67 bits per heavy atom. The van der Waals surface area contributed by atoms with Crippen molar-refractivity contribution in [2.75, 3.05) is 0 Å². The Kier molecular flexibility index (Phi) is 39.9. The van der Waals surface area contributed by atoms with Crippen LogP contribution in [0.5, 0.6) is 0 Å². The van der Waals surface area contributed by atoms with Gasteiger partial charge in [-0.25, -0.2) is 0 Å².